The maximum absolute atomic E-state index is 9.72. The van der Waals surface area contributed by atoms with Gasteiger partial charge in [0.25, 0.3) is 0 Å². The fourth-order valence-electron chi connectivity index (χ4n) is 2.51. The number of benzene rings is 1. The second-order valence-corrected chi connectivity index (χ2v) is 5.92. The first-order valence-electron chi connectivity index (χ1n) is 7.74. The summed E-state index contributed by atoms with van der Waals surface area (Å²) in [5.74, 6) is -0.668. The van der Waals surface area contributed by atoms with E-state index in [-0.39, 0.29) is 19.5 Å². The van der Waals surface area contributed by atoms with Gasteiger partial charge in [-0.1, -0.05) is 30.3 Å². The summed E-state index contributed by atoms with van der Waals surface area (Å²) < 4.78 is 28.0. The fraction of sp³-hybridized carbons (Fsp3) is 0.647. The minimum atomic E-state index is -0.668. The zero-order valence-corrected chi connectivity index (χ0v) is 13.9. The predicted molar refractivity (Wildman–Crippen MR) is 83.8 cm³/mol. The Morgan fingerprint density at radius 3 is 2.57 bits per heavy atom. The van der Waals surface area contributed by atoms with Crippen LogP contribution in [0.3, 0.4) is 0 Å². The molecule has 0 saturated carbocycles. The largest absolute Gasteiger partial charge is 0.394 e. The zero-order chi connectivity index (χ0) is 16.7. The van der Waals surface area contributed by atoms with Crippen LogP contribution in [0.4, 0.5) is 0 Å². The van der Waals surface area contributed by atoms with Crippen molar-refractivity contribution >= 4 is 0 Å². The molecule has 1 fully saturated rings. The number of aliphatic hydroxyl groups excluding tert-OH is 1. The van der Waals surface area contributed by atoms with Gasteiger partial charge in [-0.05, 0) is 19.4 Å². The highest BCUT2D eigenvalue weighted by Crippen LogP contribution is 2.27. The maximum Gasteiger partial charge on any atom is 0.163 e. The van der Waals surface area contributed by atoms with E-state index in [0.29, 0.717) is 13.2 Å². The van der Waals surface area contributed by atoms with Crippen LogP contribution < -0.4 is 0 Å². The molecule has 0 spiro atoms. The van der Waals surface area contributed by atoms with E-state index in [2.05, 4.69) is 0 Å². The van der Waals surface area contributed by atoms with Gasteiger partial charge >= 0.3 is 0 Å². The van der Waals surface area contributed by atoms with Gasteiger partial charge in [-0.25, -0.2) is 0 Å². The van der Waals surface area contributed by atoms with E-state index >= 15 is 0 Å². The highest BCUT2D eigenvalue weighted by molar-refractivity contribution is 5.13. The summed E-state index contributed by atoms with van der Waals surface area (Å²) in [4.78, 5) is 0. The van der Waals surface area contributed by atoms with Crippen LogP contribution in [-0.2, 0) is 30.3 Å². The van der Waals surface area contributed by atoms with Crippen molar-refractivity contribution in [2.75, 3.05) is 27.1 Å². The topological polar surface area (TPSA) is 66.4 Å². The normalized spacial score (nSPS) is 22.9. The first kappa shape index (κ1) is 18.3. The lowest BCUT2D eigenvalue weighted by Gasteiger charge is -2.30. The molecule has 0 radical (unpaired) electrons. The Labute approximate surface area is 137 Å². The number of methoxy groups -OCH3 is 1. The number of rotatable bonds is 9. The van der Waals surface area contributed by atoms with E-state index < -0.39 is 18.0 Å². The third-order valence-electron chi connectivity index (χ3n) is 3.63. The molecule has 0 aromatic heterocycles. The van der Waals surface area contributed by atoms with Crippen molar-refractivity contribution in [3.05, 3.63) is 35.9 Å². The van der Waals surface area contributed by atoms with Crippen molar-refractivity contribution in [3.8, 4) is 0 Å². The highest BCUT2D eigenvalue weighted by Gasteiger charge is 2.41. The van der Waals surface area contributed by atoms with E-state index in [0.717, 1.165) is 5.56 Å². The summed E-state index contributed by atoms with van der Waals surface area (Å²) in [6, 6.07) is 9.78. The van der Waals surface area contributed by atoms with E-state index in [4.69, 9.17) is 23.7 Å². The molecule has 2 rings (SSSR count). The van der Waals surface area contributed by atoms with Gasteiger partial charge < -0.3 is 28.8 Å². The van der Waals surface area contributed by atoms with Crippen molar-refractivity contribution in [3.63, 3.8) is 0 Å². The molecule has 1 aromatic rings. The van der Waals surface area contributed by atoms with Crippen LogP contribution in [0.2, 0.25) is 0 Å². The van der Waals surface area contributed by atoms with Crippen LogP contribution in [0, 0.1) is 0 Å². The summed E-state index contributed by atoms with van der Waals surface area (Å²) in [6.45, 7) is 4.37. The third-order valence-corrected chi connectivity index (χ3v) is 3.63. The monoisotopic (exact) mass is 326 g/mol. The van der Waals surface area contributed by atoms with Gasteiger partial charge in [0, 0.05) is 7.11 Å². The first-order chi connectivity index (χ1) is 11.1. The van der Waals surface area contributed by atoms with Gasteiger partial charge in [-0.2, -0.15) is 0 Å². The molecule has 6 nitrogen and oxygen atoms in total. The summed E-state index contributed by atoms with van der Waals surface area (Å²) in [7, 11) is 1.55. The minimum absolute atomic E-state index is 0.0934. The number of aliphatic hydroxyl groups is 1. The Bertz CT molecular complexity index is 450. The molecule has 6 heteroatoms. The molecule has 1 aliphatic heterocycles. The van der Waals surface area contributed by atoms with Crippen molar-refractivity contribution in [1.29, 1.82) is 0 Å². The van der Waals surface area contributed by atoms with Crippen molar-refractivity contribution in [1.82, 2.24) is 0 Å². The molecule has 1 heterocycles. The second kappa shape index (κ2) is 8.73. The zero-order valence-electron chi connectivity index (χ0n) is 13.9. The molecule has 0 aliphatic carbocycles. The van der Waals surface area contributed by atoms with Crippen molar-refractivity contribution < 1.29 is 28.8 Å². The molecular formula is C17H26O6. The third kappa shape index (κ3) is 5.53. The van der Waals surface area contributed by atoms with Gasteiger partial charge in [0.2, 0.25) is 0 Å². The Morgan fingerprint density at radius 2 is 2.00 bits per heavy atom. The maximum atomic E-state index is 9.72. The molecule has 1 N–H and O–H groups in total. The summed E-state index contributed by atoms with van der Waals surface area (Å²) in [6.07, 6.45) is -1.34. The fourth-order valence-corrected chi connectivity index (χ4v) is 2.51. The molecule has 1 saturated heterocycles. The molecule has 23 heavy (non-hydrogen) atoms. The van der Waals surface area contributed by atoms with Crippen molar-refractivity contribution in [2.45, 2.75) is 44.6 Å². The van der Waals surface area contributed by atoms with E-state index in [1.165, 1.54) is 0 Å². The second-order valence-electron chi connectivity index (χ2n) is 5.92. The average molecular weight is 326 g/mol. The molecule has 1 aromatic carbocycles. The van der Waals surface area contributed by atoms with Crippen LogP contribution in [0.5, 0.6) is 0 Å². The van der Waals surface area contributed by atoms with Gasteiger partial charge in [0.05, 0.1) is 19.8 Å². The molecule has 1 aliphatic rings. The molecular weight excluding hydrogens is 300 g/mol. The molecule has 0 unspecified atom stereocenters. The smallest absolute Gasteiger partial charge is 0.163 e. The standard InChI is InChI=1S/C17H26O6/c1-17(2)22-11-15(23-17)16(21-12-19-3)14(9-18)20-10-13-7-5-4-6-8-13/h4-8,14-16,18H,9-12H2,1-3H3/t14-,15-,16+/m1/s1. The highest BCUT2D eigenvalue weighted by atomic mass is 16.8. The van der Waals surface area contributed by atoms with Crippen LogP contribution in [-0.4, -0.2) is 56.3 Å². The molecule has 130 valence electrons. The van der Waals surface area contributed by atoms with E-state index in [9.17, 15) is 5.11 Å². The molecule has 0 bridgehead atoms. The quantitative estimate of drug-likeness (QED) is 0.697. The summed E-state index contributed by atoms with van der Waals surface area (Å²) >= 11 is 0. The first-order valence-corrected chi connectivity index (χ1v) is 7.74. The predicted octanol–water partition coefficient (Wildman–Crippen LogP) is 1.70. The Morgan fingerprint density at radius 1 is 1.26 bits per heavy atom. The van der Waals surface area contributed by atoms with Crippen LogP contribution >= 0.6 is 0 Å². The Kier molecular flexibility index (Phi) is 6.95. The lowest BCUT2D eigenvalue weighted by Crippen LogP contribution is -2.45. The van der Waals surface area contributed by atoms with Gasteiger partial charge in [-0.3, -0.25) is 0 Å². The Hall–Kier alpha value is -1.02. The van der Waals surface area contributed by atoms with E-state index in [1.807, 2.05) is 44.2 Å². The minimum Gasteiger partial charge on any atom is -0.394 e. The summed E-state index contributed by atoms with van der Waals surface area (Å²) in [5, 5.41) is 9.72. The van der Waals surface area contributed by atoms with E-state index in [1.54, 1.807) is 7.11 Å². The van der Waals surface area contributed by atoms with Crippen molar-refractivity contribution in [2.24, 2.45) is 0 Å². The number of hydrogen-bond acceptors (Lipinski definition) is 6. The van der Waals surface area contributed by atoms with Crippen LogP contribution in [0.15, 0.2) is 30.3 Å². The lowest BCUT2D eigenvalue weighted by molar-refractivity contribution is -0.200. The number of ether oxygens (including phenoxy) is 5. The number of hydrogen-bond donors (Lipinski definition) is 1. The van der Waals surface area contributed by atoms with Crippen LogP contribution in [0.1, 0.15) is 19.4 Å². The molecule has 3 atom stereocenters. The van der Waals surface area contributed by atoms with Gasteiger partial charge in [0.15, 0.2) is 5.79 Å². The van der Waals surface area contributed by atoms with Gasteiger partial charge in [0.1, 0.15) is 25.1 Å². The van der Waals surface area contributed by atoms with Crippen LogP contribution in [0.25, 0.3) is 0 Å². The lowest BCUT2D eigenvalue weighted by atomic mass is 10.1. The summed E-state index contributed by atoms with van der Waals surface area (Å²) in [5.41, 5.74) is 1.03. The molecule has 0 amide bonds. The Balaban J connectivity index is 1.99. The van der Waals surface area contributed by atoms with Gasteiger partial charge in [-0.15, -0.1) is 0 Å². The SMILES string of the molecule is COCO[C@@H]([C@@H](CO)OCc1ccccc1)[C@H]1COC(C)(C)O1. The average Bonchev–Trinajstić information content (AvgIpc) is 2.91.